The number of ether oxygens (including phenoxy) is 1. The fourth-order valence-corrected chi connectivity index (χ4v) is 5.43. The van der Waals surface area contributed by atoms with Gasteiger partial charge in [0.1, 0.15) is 11.4 Å². The van der Waals surface area contributed by atoms with Gasteiger partial charge in [0.2, 0.25) is 10.0 Å². The normalized spacial score (nSPS) is 20.4. The Kier molecular flexibility index (Phi) is 5.68. The van der Waals surface area contributed by atoms with Crippen molar-refractivity contribution in [3.8, 4) is 5.75 Å². The SMILES string of the molecule is COc1ccc(C(C)(O)C2CCCN2S(=O)(=O)c2ccc(C(F)(F)F)cc2)cc1. The maximum atomic E-state index is 13.1. The zero-order chi connectivity index (χ0) is 21.4. The molecule has 9 heteroatoms. The van der Waals surface area contributed by atoms with Crippen molar-refractivity contribution < 1.29 is 31.4 Å². The van der Waals surface area contributed by atoms with Crippen LogP contribution in [-0.2, 0) is 21.8 Å². The van der Waals surface area contributed by atoms with Crippen LogP contribution >= 0.6 is 0 Å². The summed E-state index contributed by atoms with van der Waals surface area (Å²) in [6, 6.07) is 9.34. The lowest BCUT2D eigenvalue weighted by Crippen LogP contribution is -2.48. The summed E-state index contributed by atoms with van der Waals surface area (Å²) in [5.74, 6) is 0.602. The minimum Gasteiger partial charge on any atom is -0.497 e. The second-order valence-corrected chi connectivity index (χ2v) is 9.06. The molecule has 0 bridgehead atoms. The summed E-state index contributed by atoms with van der Waals surface area (Å²) in [7, 11) is -2.56. The van der Waals surface area contributed by atoms with Gasteiger partial charge in [0.25, 0.3) is 0 Å². The van der Waals surface area contributed by atoms with Crippen LogP contribution in [0.1, 0.15) is 30.9 Å². The third kappa shape index (κ3) is 4.12. The van der Waals surface area contributed by atoms with Gasteiger partial charge in [-0.1, -0.05) is 12.1 Å². The Morgan fingerprint density at radius 1 is 1.03 bits per heavy atom. The Morgan fingerprint density at radius 3 is 2.10 bits per heavy atom. The maximum Gasteiger partial charge on any atom is 0.416 e. The second-order valence-electron chi connectivity index (χ2n) is 7.17. The summed E-state index contributed by atoms with van der Waals surface area (Å²) in [6.07, 6.45) is -3.58. The van der Waals surface area contributed by atoms with Crippen molar-refractivity contribution in [1.29, 1.82) is 0 Å². The first kappa shape index (κ1) is 21.6. The molecular weight excluding hydrogens is 407 g/mol. The van der Waals surface area contributed by atoms with Gasteiger partial charge in [-0.25, -0.2) is 8.42 Å². The van der Waals surface area contributed by atoms with E-state index in [0.717, 1.165) is 24.3 Å². The van der Waals surface area contributed by atoms with Gasteiger partial charge in [0.15, 0.2) is 0 Å². The van der Waals surface area contributed by atoms with E-state index in [1.807, 2.05) is 0 Å². The molecule has 2 aromatic rings. The Hall–Kier alpha value is -2.10. The highest BCUT2D eigenvalue weighted by Gasteiger charge is 2.46. The van der Waals surface area contributed by atoms with Crippen LogP contribution in [0.3, 0.4) is 0 Å². The number of benzene rings is 2. The summed E-state index contributed by atoms with van der Waals surface area (Å²) < 4.78 is 70.8. The molecule has 1 saturated heterocycles. The van der Waals surface area contributed by atoms with Gasteiger partial charge in [-0.2, -0.15) is 17.5 Å². The molecule has 29 heavy (non-hydrogen) atoms. The smallest absolute Gasteiger partial charge is 0.416 e. The number of nitrogens with zero attached hydrogens (tertiary/aromatic N) is 1. The fourth-order valence-electron chi connectivity index (χ4n) is 3.66. The van der Waals surface area contributed by atoms with Crippen LogP contribution in [0.25, 0.3) is 0 Å². The largest absolute Gasteiger partial charge is 0.497 e. The van der Waals surface area contributed by atoms with Crippen LogP contribution in [0.4, 0.5) is 13.2 Å². The Balaban J connectivity index is 1.92. The van der Waals surface area contributed by atoms with E-state index in [1.54, 1.807) is 31.2 Å². The molecule has 0 saturated carbocycles. The molecule has 0 spiro atoms. The van der Waals surface area contributed by atoms with E-state index < -0.39 is 33.4 Å². The third-order valence-electron chi connectivity index (χ3n) is 5.32. The maximum absolute atomic E-state index is 13.1. The predicted octanol–water partition coefficient (Wildman–Crippen LogP) is 3.77. The summed E-state index contributed by atoms with van der Waals surface area (Å²) in [6.45, 7) is 1.72. The molecule has 0 aromatic heterocycles. The molecule has 0 aliphatic carbocycles. The van der Waals surface area contributed by atoms with Crippen LogP contribution in [0.15, 0.2) is 53.4 Å². The van der Waals surface area contributed by atoms with E-state index >= 15 is 0 Å². The van der Waals surface area contributed by atoms with Crippen molar-refractivity contribution in [1.82, 2.24) is 4.31 Å². The molecular formula is C20H22F3NO4S. The summed E-state index contributed by atoms with van der Waals surface area (Å²) in [5, 5.41) is 11.2. The minimum atomic E-state index is -4.55. The van der Waals surface area contributed by atoms with Crippen molar-refractivity contribution in [3.05, 3.63) is 59.7 Å². The van der Waals surface area contributed by atoms with Gasteiger partial charge in [-0.05, 0) is 61.7 Å². The monoisotopic (exact) mass is 429 g/mol. The predicted molar refractivity (Wildman–Crippen MR) is 101 cm³/mol. The molecule has 1 aliphatic heterocycles. The third-order valence-corrected chi connectivity index (χ3v) is 7.24. The van der Waals surface area contributed by atoms with Gasteiger partial charge in [0, 0.05) is 6.54 Å². The minimum absolute atomic E-state index is 0.181. The van der Waals surface area contributed by atoms with E-state index in [-0.39, 0.29) is 11.4 Å². The Labute approximate surface area is 167 Å². The van der Waals surface area contributed by atoms with Crippen LogP contribution in [0.2, 0.25) is 0 Å². The Morgan fingerprint density at radius 2 is 1.59 bits per heavy atom. The molecule has 158 valence electrons. The topological polar surface area (TPSA) is 66.8 Å². The number of rotatable bonds is 5. The van der Waals surface area contributed by atoms with Gasteiger partial charge >= 0.3 is 6.18 Å². The van der Waals surface area contributed by atoms with Crippen molar-refractivity contribution in [2.45, 2.75) is 42.5 Å². The van der Waals surface area contributed by atoms with E-state index in [0.29, 0.717) is 24.2 Å². The lowest BCUT2D eigenvalue weighted by Gasteiger charge is -2.36. The second kappa shape index (κ2) is 7.62. The molecule has 3 rings (SSSR count). The zero-order valence-electron chi connectivity index (χ0n) is 16.0. The summed E-state index contributed by atoms with van der Waals surface area (Å²) in [4.78, 5) is -0.233. The number of methoxy groups -OCH3 is 1. The van der Waals surface area contributed by atoms with Crippen molar-refractivity contribution in [2.24, 2.45) is 0 Å². The van der Waals surface area contributed by atoms with Crippen molar-refractivity contribution in [2.75, 3.05) is 13.7 Å². The first-order valence-corrected chi connectivity index (χ1v) is 10.5. The number of halogens is 3. The molecule has 2 aromatic carbocycles. The van der Waals surface area contributed by atoms with Gasteiger partial charge in [-0.3, -0.25) is 0 Å². The molecule has 2 unspecified atom stereocenters. The average Bonchev–Trinajstić information content (AvgIpc) is 3.19. The van der Waals surface area contributed by atoms with Crippen LogP contribution < -0.4 is 4.74 Å². The molecule has 5 nitrogen and oxygen atoms in total. The van der Waals surface area contributed by atoms with E-state index in [9.17, 15) is 26.7 Å². The van der Waals surface area contributed by atoms with Gasteiger partial charge < -0.3 is 9.84 Å². The lowest BCUT2D eigenvalue weighted by atomic mass is 9.87. The Bertz CT molecular complexity index is 955. The molecule has 2 atom stereocenters. The number of aliphatic hydroxyl groups is 1. The van der Waals surface area contributed by atoms with Gasteiger partial charge in [0.05, 0.1) is 23.6 Å². The first-order chi connectivity index (χ1) is 13.5. The number of hydrogen-bond donors (Lipinski definition) is 1. The highest BCUT2D eigenvalue weighted by atomic mass is 32.2. The molecule has 0 radical (unpaired) electrons. The van der Waals surface area contributed by atoms with Gasteiger partial charge in [-0.15, -0.1) is 0 Å². The standard InChI is InChI=1S/C20H22F3NO4S/c1-19(25,14-5-9-16(28-2)10-6-14)18-4-3-13-24(18)29(26,27)17-11-7-15(8-12-17)20(21,22)23/h5-12,18,25H,3-4,13H2,1-2H3. The fraction of sp³-hybridized carbons (Fsp3) is 0.400. The van der Waals surface area contributed by atoms with E-state index in [2.05, 4.69) is 0 Å². The molecule has 1 N–H and O–H groups in total. The highest BCUT2D eigenvalue weighted by Crippen LogP contribution is 2.38. The van der Waals surface area contributed by atoms with Crippen molar-refractivity contribution >= 4 is 10.0 Å². The molecule has 0 amide bonds. The van der Waals surface area contributed by atoms with Crippen LogP contribution in [-0.4, -0.2) is 37.5 Å². The van der Waals surface area contributed by atoms with Crippen LogP contribution in [0.5, 0.6) is 5.75 Å². The number of hydrogen-bond acceptors (Lipinski definition) is 4. The molecule has 1 heterocycles. The highest BCUT2D eigenvalue weighted by molar-refractivity contribution is 7.89. The quantitative estimate of drug-likeness (QED) is 0.786. The van der Waals surface area contributed by atoms with Crippen LogP contribution in [0, 0.1) is 0 Å². The lowest BCUT2D eigenvalue weighted by molar-refractivity contribution is -0.137. The summed E-state index contributed by atoms with van der Waals surface area (Å²) in [5.41, 5.74) is -1.88. The molecule has 1 fully saturated rings. The van der Waals surface area contributed by atoms with E-state index in [4.69, 9.17) is 4.74 Å². The zero-order valence-corrected chi connectivity index (χ0v) is 16.8. The molecule has 1 aliphatic rings. The number of sulfonamides is 1. The average molecular weight is 429 g/mol. The summed E-state index contributed by atoms with van der Waals surface area (Å²) >= 11 is 0. The van der Waals surface area contributed by atoms with Crippen molar-refractivity contribution in [3.63, 3.8) is 0 Å². The number of alkyl halides is 3. The van der Waals surface area contributed by atoms with E-state index in [1.165, 1.54) is 11.4 Å². The first-order valence-electron chi connectivity index (χ1n) is 9.04.